The average Bonchev–Trinajstić information content (AvgIpc) is 2.84. The molecule has 23 heavy (non-hydrogen) atoms. The molecule has 2 rings (SSSR count). The van der Waals surface area contributed by atoms with Gasteiger partial charge in [-0.15, -0.1) is 0 Å². The molecule has 1 fully saturated rings. The van der Waals surface area contributed by atoms with Gasteiger partial charge in [0.1, 0.15) is 17.3 Å². The monoisotopic (exact) mass is 321 g/mol. The van der Waals surface area contributed by atoms with E-state index in [1.165, 1.54) is 0 Å². The zero-order valence-corrected chi connectivity index (χ0v) is 13.7. The summed E-state index contributed by atoms with van der Waals surface area (Å²) in [6, 6.07) is 5.45. The highest BCUT2D eigenvalue weighted by Gasteiger charge is 2.40. The van der Waals surface area contributed by atoms with E-state index in [4.69, 9.17) is 14.6 Å². The molecule has 1 aromatic carbocycles. The van der Waals surface area contributed by atoms with Gasteiger partial charge in [-0.3, -0.25) is 9.59 Å². The number of carbonyl (C=O) groups is 2. The van der Waals surface area contributed by atoms with Crippen LogP contribution in [0.2, 0.25) is 0 Å². The number of carbonyl (C=O) groups excluding carboxylic acids is 2. The lowest BCUT2D eigenvalue weighted by atomic mass is 9.92. The van der Waals surface area contributed by atoms with Gasteiger partial charge in [0.15, 0.2) is 0 Å². The van der Waals surface area contributed by atoms with Gasteiger partial charge in [-0.2, -0.15) is 0 Å². The fourth-order valence-electron chi connectivity index (χ4n) is 2.95. The second-order valence-corrected chi connectivity index (χ2v) is 5.73. The highest BCUT2D eigenvalue weighted by molar-refractivity contribution is 5.92. The minimum absolute atomic E-state index is 0.0424. The topological polar surface area (TPSA) is 76.1 Å². The van der Waals surface area contributed by atoms with E-state index >= 15 is 0 Å². The third-order valence-electron chi connectivity index (χ3n) is 4.35. The Morgan fingerprint density at radius 2 is 2.09 bits per heavy atom. The van der Waals surface area contributed by atoms with Crippen LogP contribution in [0.25, 0.3) is 0 Å². The van der Waals surface area contributed by atoms with Gasteiger partial charge in [0.2, 0.25) is 5.91 Å². The number of nitrogens with zero attached hydrogens (tertiary/aromatic N) is 1. The van der Waals surface area contributed by atoms with Crippen molar-refractivity contribution < 1.29 is 24.2 Å². The average molecular weight is 321 g/mol. The van der Waals surface area contributed by atoms with E-state index in [1.807, 2.05) is 12.1 Å². The number of aliphatic hydroxyl groups is 1. The quantitative estimate of drug-likeness (QED) is 0.818. The first kappa shape index (κ1) is 17.3. The van der Waals surface area contributed by atoms with Crippen LogP contribution in [0.5, 0.6) is 11.5 Å². The normalized spacial score (nSPS) is 20.7. The van der Waals surface area contributed by atoms with Crippen LogP contribution in [0.1, 0.15) is 18.9 Å². The van der Waals surface area contributed by atoms with Crippen molar-refractivity contribution in [1.29, 1.82) is 0 Å². The third-order valence-corrected chi connectivity index (χ3v) is 4.35. The molecule has 126 valence electrons. The fourth-order valence-corrected chi connectivity index (χ4v) is 2.95. The molecule has 1 amide bonds. The van der Waals surface area contributed by atoms with Gasteiger partial charge in [0, 0.05) is 49.6 Å². The van der Waals surface area contributed by atoms with Gasteiger partial charge >= 0.3 is 0 Å². The molecular weight excluding hydrogens is 298 g/mol. The third kappa shape index (κ3) is 3.64. The molecule has 0 bridgehead atoms. The number of hydrogen-bond donors (Lipinski definition) is 1. The number of aliphatic hydroxyl groups excluding tert-OH is 1. The van der Waals surface area contributed by atoms with Crippen molar-refractivity contribution in [1.82, 2.24) is 4.90 Å². The summed E-state index contributed by atoms with van der Waals surface area (Å²) < 4.78 is 10.5. The first-order valence-corrected chi connectivity index (χ1v) is 7.65. The maximum atomic E-state index is 12.4. The standard InChI is InChI=1S/C17H23NO5/c1-11-14(15(20)6-7-19)10-18(17(11)21)9-12-4-5-13(22-2)8-16(12)23-3/h4-5,8,11,14,19H,6-7,9-10H2,1-3H3. The number of ether oxygens (including phenoxy) is 2. The van der Waals surface area contributed by atoms with Crippen LogP contribution in [0.3, 0.4) is 0 Å². The first-order chi connectivity index (χ1) is 11.0. The van der Waals surface area contributed by atoms with E-state index in [9.17, 15) is 9.59 Å². The number of methoxy groups -OCH3 is 2. The number of likely N-dealkylation sites (tertiary alicyclic amines) is 1. The molecule has 2 atom stereocenters. The van der Waals surface area contributed by atoms with E-state index < -0.39 is 0 Å². The Hall–Kier alpha value is -2.08. The summed E-state index contributed by atoms with van der Waals surface area (Å²) in [7, 11) is 3.15. The summed E-state index contributed by atoms with van der Waals surface area (Å²) in [4.78, 5) is 26.1. The summed E-state index contributed by atoms with van der Waals surface area (Å²) >= 11 is 0. The molecule has 0 spiro atoms. The van der Waals surface area contributed by atoms with Crippen molar-refractivity contribution in [3.63, 3.8) is 0 Å². The first-order valence-electron chi connectivity index (χ1n) is 7.65. The molecule has 1 saturated heterocycles. The van der Waals surface area contributed by atoms with Crippen LogP contribution in [0.15, 0.2) is 18.2 Å². The van der Waals surface area contributed by atoms with Crippen molar-refractivity contribution in [3.8, 4) is 11.5 Å². The molecule has 0 radical (unpaired) electrons. The van der Waals surface area contributed by atoms with Gasteiger partial charge in [0.05, 0.1) is 14.2 Å². The molecule has 1 aliphatic rings. The van der Waals surface area contributed by atoms with Gasteiger partial charge in [-0.05, 0) is 12.1 Å². The lowest BCUT2D eigenvalue weighted by molar-refractivity contribution is -0.132. The largest absolute Gasteiger partial charge is 0.497 e. The summed E-state index contributed by atoms with van der Waals surface area (Å²) in [5.41, 5.74) is 0.865. The van der Waals surface area contributed by atoms with Crippen LogP contribution in [-0.4, -0.2) is 49.1 Å². The number of benzene rings is 1. The Kier molecular flexibility index (Phi) is 5.60. The van der Waals surface area contributed by atoms with Crippen LogP contribution in [0, 0.1) is 11.8 Å². The SMILES string of the molecule is COc1ccc(CN2CC(C(=O)CCO)C(C)C2=O)c(OC)c1. The highest BCUT2D eigenvalue weighted by Crippen LogP contribution is 2.31. The molecule has 1 N–H and O–H groups in total. The number of rotatable bonds is 7. The highest BCUT2D eigenvalue weighted by atomic mass is 16.5. The van der Waals surface area contributed by atoms with E-state index in [0.717, 1.165) is 5.56 Å². The summed E-state index contributed by atoms with van der Waals surface area (Å²) in [5.74, 6) is 0.534. The van der Waals surface area contributed by atoms with Crippen LogP contribution in [-0.2, 0) is 16.1 Å². The minimum Gasteiger partial charge on any atom is -0.497 e. The number of Topliss-reactive ketones (excluding diaryl/α,β-unsaturated/α-hetero) is 1. The van der Waals surface area contributed by atoms with E-state index in [0.29, 0.717) is 24.6 Å². The molecule has 1 aliphatic heterocycles. The van der Waals surface area contributed by atoms with Crippen molar-refractivity contribution in [3.05, 3.63) is 23.8 Å². The predicted octanol–water partition coefficient (Wildman–Crippen LogP) is 1.25. The van der Waals surface area contributed by atoms with E-state index in [2.05, 4.69) is 0 Å². The van der Waals surface area contributed by atoms with Gasteiger partial charge in [0.25, 0.3) is 0 Å². The van der Waals surface area contributed by atoms with E-state index in [1.54, 1.807) is 32.1 Å². The Balaban J connectivity index is 2.14. The lowest BCUT2D eigenvalue weighted by Gasteiger charge is -2.18. The Morgan fingerprint density at radius 1 is 1.35 bits per heavy atom. The van der Waals surface area contributed by atoms with Crippen molar-refractivity contribution in [2.24, 2.45) is 11.8 Å². The molecule has 6 nitrogen and oxygen atoms in total. The molecule has 1 heterocycles. The number of amides is 1. The van der Waals surface area contributed by atoms with Crippen LogP contribution in [0.4, 0.5) is 0 Å². The summed E-state index contributed by atoms with van der Waals surface area (Å²) in [5, 5.41) is 8.92. The fraction of sp³-hybridized carbons (Fsp3) is 0.529. The maximum Gasteiger partial charge on any atom is 0.226 e. The Labute approximate surface area is 136 Å². The molecule has 0 saturated carbocycles. The smallest absolute Gasteiger partial charge is 0.226 e. The molecule has 6 heteroatoms. The lowest BCUT2D eigenvalue weighted by Crippen LogP contribution is -2.26. The summed E-state index contributed by atoms with van der Waals surface area (Å²) in [6.07, 6.45) is 0.0992. The van der Waals surface area contributed by atoms with Gasteiger partial charge < -0.3 is 19.5 Å². The van der Waals surface area contributed by atoms with Gasteiger partial charge in [-0.1, -0.05) is 6.92 Å². The zero-order chi connectivity index (χ0) is 17.0. The minimum atomic E-state index is -0.349. The second kappa shape index (κ2) is 7.46. The maximum absolute atomic E-state index is 12.4. The van der Waals surface area contributed by atoms with Crippen molar-refractivity contribution in [2.75, 3.05) is 27.4 Å². The molecule has 0 aromatic heterocycles. The summed E-state index contributed by atoms with van der Waals surface area (Å²) in [6.45, 7) is 2.36. The Morgan fingerprint density at radius 3 is 2.70 bits per heavy atom. The second-order valence-electron chi connectivity index (χ2n) is 5.73. The van der Waals surface area contributed by atoms with Crippen LogP contribution < -0.4 is 9.47 Å². The zero-order valence-electron chi connectivity index (χ0n) is 13.7. The Bertz CT molecular complexity index is 586. The molecule has 2 unspecified atom stereocenters. The van der Waals surface area contributed by atoms with E-state index in [-0.39, 0.29) is 36.6 Å². The molecular formula is C17H23NO5. The van der Waals surface area contributed by atoms with Crippen LogP contribution >= 0.6 is 0 Å². The molecule has 1 aromatic rings. The predicted molar refractivity (Wildman–Crippen MR) is 84.3 cm³/mol. The number of ketones is 1. The number of hydrogen-bond acceptors (Lipinski definition) is 5. The van der Waals surface area contributed by atoms with Crippen molar-refractivity contribution in [2.45, 2.75) is 19.9 Å². The van der Waals surface area contributed by atoms with Crippen molar-refractivity contribution >= 4 is 11.7 Å². The van der Waals surface area contributed by atoms with Gasteiger partial charge in [-0.25, -0.2) is 0 Å². The molecule has 0 aliphatic carbocycles.